The summed E-state index contributed by atoms with van der Waals surface area (Å²) in [5, 5.41) is 18.0. The van der Waals surface area contributed by atoms with Gasteiger partial charge in [0, 0.05) is 24.9 Å². The fraction of sp³-hybridized carbons (Fsp3) is 0.636. The van der Waals surface area contributed by atoms with Gasteiger partial charge in [-0.05, 0) is 57.9 Å². The Morgan fingerprint density at radius 1 is 1.19 bits per heavy atom. The zero-order valence-corrected chi connectivity index (χ0v) is 19.5. The number of hydrazine groups is 1. The molecule has 32 heavy (non-hydrogen) atoms. The molecule has 3 N–H and O–H groups in total. The van der Waals surface area contributed by atoms with Crippen LogP contribution in [0, 0.1) is 23.2 Å². The number of ether oxygens (including phenoxy) is 1. The van der Waals surface area contributed by atoms with Gasteiger partial charge < -0.3 is 15.4 Å². The molecule has 1 aromatic rings. The molecule has 1 aromatic carbocycles. The number of nitrogens with one attached hydrogen (secondary N) is 3. The molecule has 10 heteroatoms. The standard InChI is InChI=1S/C22H31N5O4S/c1-22(2,3)32(29,30)16-6-4-15(5-7-16)25-20-19-17(8-10-24-21(19)28)27(26-20)18-13-31-11-9-14(18)12-23/h4-7,14,17-20,25-26H,8-11,13H2,1-3H3,(H,24,28)/t14-,17?,18+,19?,20?/m1/s1. The minimum Gasteiger partial charge on any atom is -0.380 e. The molecule has 9 nitrogen and oxygen atoms in total. The summed E-state index contributed by atoms with van der Waals surface area (Å²) in [6, 6.07) is 8.85. The molecule has 0 radical (unpaired) electrons. The third-order valence-electron chi connectivity index (χ3n) is 6.60. The molecular formula is C22H31N5O4S. The maximum atomic E-state index is 12.8. The number of sulfone groups is 1. The molecular weight excluding hydrogens is 430 g/mol. The number of anilines is 1. The van der Waals surface area contributed by atoms with Crippen LogP contribution in [0.2, 0.25) is 0 Å². The number of amides is 1. The van der Waals surface area contributed by atoms with Crippen molar-refractivity contribution in [2.45, 2.75) is 61.5 Å². The van der Waals surface area contributed by atoms with E-state index in [1.165, 1.54) is 0 Å². The van der Waals surface area contributed by atoms with Gasteiger partial charge in [-0.15, -0.1) is 0 Å². The average molecular weight is 462 g/mol. The van der Waals surface area contributed by atoms with Crippen molar-refractivity contribution < 1.29 is 17.9 Å². The van der Waals surface area contributed by atoms with Crippen molar-refractivity contribution in [2.75, 3.05) is 25.1 Å². The number of rotatable bonds is 4. The molecule has 0 saturated carbocycles. The molecule has 0 aliphatic carbocycles. The van der Waals surface area contributed by atoms with E-state index < -0.39 is 14.6 Å². The monoisotopic (exact) mass is 461 g/mol. The van der Waals surface area contributed by atoms with Crippen LogP contribution in [0.5, 0.6) is 0 Å². The van der Waals surface area contributed by atoms with Gasteiger partial charge in [-0.25, -0.2) is 18.9 Å². The van der Waals surface area contributed by atoms with Crippen molar-refractivity contribution in [3.8, 4) is 6.07 Å². The molecule has 3 aliphatic heterocycles. The van der Waals surface area contributed by atoms with E-state index in [0.29, 0.717) is 31.9 Å². The summed E-state index contributed by atoms with van der Waals surface area (Å²) >= 11 is 0. The van der Waals surface area contributed by atoms with E-state index in [0.717, 1.165) is 6.42 Å². The largest absolute Gasteiger partial charge is 0.380 e. The Morgan fingerprint density at radius 2 is 1.91 bits per heavy atom. The van der Waals surface area contributed by atoms with Crippen molar-refractivity contribution in [1.29, 1.82) is 5.26 Å². The molecule has 3 unspecified atom stereocenters. The molecule has 3 aliphatic rings. The van der Waals surface area contributed by atoms with Gasteiger partial charge in [0.05, 0.1) is 40.2 Å². The van der Waals surface area contributed by atoms with Gasteiger partial charge in [-0.2, -0.15) is 5.26 Å². The SMILES string of the molecule is CC(C)(C)S(=O)(=O)c1ccc(NC2NN([C@H]3COCC[C@@H]3C#N)C3CCNC(=O)C23)cc1. The van der Waals surface area contributed by atoms with Gasteiger partial charge >= 0.3 is 0 Å². The van der Waals surface area contributed by atoms with E-state index in [-0.39, 0.29) is 40.9 Å². The van der Waals surface area contributed by atoms with Crippen molar-refractivity contribution in [3.05, 3.63) is 24.3 Å². The van der Waals surface area contributed by atoms with Gasteiger partial charge in [0.2, 0.25) is 5.91 Å². The van der Waals surface area contributed by atoms with E-state index in [1.54, 1.807) is 45.0 Å². The number of hydrogen-bond acceptors (Lipinski definition) is 8. The Kier molecular flexibility index (Phi) is 6.20. The quantitative estimate of drug-likeness (QED) is 0.612. The number of hydrogen-bond donors (Lipinski definition) is 3. The number of carbonyl (C=O) groups excluding carboxylic acids is 1. The van der Waals surface area contributed by atoms with Crippen LogP contribution in [0.3, 0.4) is 0 Å². The van der Waals surface area contributed by atoms with Crippen molar-refractivity contribution in [1.82, 2.24) is 15.8 Å². The smallest absolute Gasteiger partial charge is 0.228 e. The van der Waals surface area contributed by atoms with Crippen LogP contribution in [-0.2, 0) is 19.4 Å². The number of nitrogens with zero attached hydrogens (tertiary/aromatic N) is 2. The molecule has 4 rings (SSSR count). The summed E-state index contributed by atoms with van der Waals surface area (Å²) in [5.41, 5.74) is 4.14. The summed E-state index contributed by atoms with van der Waals surface area (Å²) in [6.45, 7) is 6.64. The highest BCUT2D eigenvalue weighted by Crippen LogP contribution is 2.34. The minimum absolute atomic E-state index is 0.0362. The molecule has 1 amide bonds. The van der Waals surface area contributed by atoms with Crippen LogP contribution >= 0.6 is 0 Å². The van der Waals surface area contributed by atoms with E-state index in [1.807, 2.05) is 5.01 Å². The lowest BCUT2D eigenvalue weighted by atomic mass is 9.88. The number of fused-ring (bicyclic) bond motifs is 1. The number of piperidine rings is 1. The molecule has 3 heterocycles. The predicted molar refractivity (Wildman–Crippen MR) is 119 cm³/mol. The molecule has 0 bridgehead atoms. The first-order valence-corrected chi connectivity index (χ1v) is 12.5. The van der Waals surface area contributed by atoms with Crippen LogP contribution in [0.25, 0.3) is 0 Å². The van der Waals surface area contributed by atoms with Gasteiger partial charge in [-0.3, -0.25) is 4.79 Å². The Morgan fingerprint density at radius 3 is 2.56 bits per heavy atom. The normalized spacial score (nSPS) is 31.4. The summed E-state index contributed by atoms with van der Waals surface area (Å²) in [6.07, 6.45) is 1.07. The first-order chi connectivity index (χ1) is 15.1. The fourth-order valence-corrected chi connectivity index (χ4v) is 5.91. The molecule has 0 aromatic heterocycles. The van der Waals surface area contributed by atoms with Crippen LogP contribution < -0.4 is 16.1 Å². The second-order valence-electron chi connectivity index (χ2n) is 9.64. The Hall–Kier alpha value is -2.19. The second kappa shape index (κ2) is 8.63. The Balaban J connectivity index is 1.55. The molecule has 3 fully saturated rings. The van der Waals surface area contributed by atoms with Gasteiger partial charge in [0.25, 0.3) is 0 Å². The van der Waals surface area contributed by atoms with Crippen LogP contribution in [0.4, 0.5) is 5.69 Å². The highest BCUT2D eigenvalue weighted by Gasteiger charge is 2.51. The van der Waals surface area contributed by atoms with Crippen molar-refractivity contribution in [2.24, 2.45) is 11.8 Å². The average Bonchev–Trinajstić information content (AvgIpc) is 3.12. The lowest BCUT2D eigenvalue weighted by molar-refractivity contribution is -0.128. The maximum Gasteiger partial charge on any atom is 0.228 e. The van der Waals surface area contributed by atoms with E-state index in [2.05, 4.69) is 22.1 Å². The third kappa shape index (κ3) is 4.10. The fourth-order valence-electron chi connectivity index (χ4n) is 4.71. The predicted octanol–water partition coefficient (Wildman–Crippen LogP) is 1.25. The summed E-state index contributed by atoms with van der Waals surface area (Å²) in [4.78, 5) is 13.0. The lowest BCUT2D eigenvalue weighted by Crippen LogP contribution is -2.56. The van der Waals surface area contributed by atoms with Crippen LogP contribution in [0.15, 0.2) is 29.2 Å². The van der Waals surface area contributed by atoms with Crippen LogP contribution in [-0.4, -0.2) is 62.1 Å². The zero-order chi connectivity index (χ0) is 23.1. The second-order valence-corrected chi connectivity index (χ2v) is 12.3. The van der Waals surface area contributed by atoms with Crippen LogP contribution in [0.1, 0.15) is 33.6 Å². The first-order valence-electron chi connectivity index (χ1n) is 11.0. The first kappa shape index (κ1) is 23.0. The molecule has 0 spiro atoms. The van der Waals surface area contributed by atoms with Gasteiger partial charge in [-0.1, -0.05) is 0 Å². The number of carbonyl (C=O) groups is 1. The molecule has 5 atom stereocenters. The van der Waals surface area contributed by atoms with E-state index in [4.69, 9.17) is 4.74 Å². The van der Waals surface area contributed by atoms with E-state index in [9.17, 15) is 18.5 Å². The Labute approximate surface area is 189 Å². The zero-order valence-electron chi connectivity index (χ0n) is 18.7. The third-order valence-corrected chi connectivity index (χ3v) is 9.11. The Bertz CT molecular complexity index is 999. The summed E-state index contributed by atoms with van der Waals surface area (Å²) < 4.78 is 30.1. The number of nitriles is 1. The summed E-state index contributed by atoms with van der Waals surface area (Å²) in [5.74, 6) is -0.545. The van der Waals surface area contributed by atoms with Gasteiger partial charge in [0.1, 0.15) is 6.17 Å². The topological polar surface area (TPSA) is 124 Å². The lowest BCUT2D eigenvalue weighted by Gasteiger charge is -2.39. The van der Waals surface area contributed by atoms with Crippen molar-refractivity contribution >= 4 is 21.4 Å². The highest BCUT2D eigenvalue weighted by molar-refractivity contribution is 7.92. The maximum absolute atomic E-state index is 12.8. The minimum atomic E-state index is -3.44. The van der Waals surface area contributed by atoms with Crippen molar-refractivity contribution in [3.63, 3.8) is 0 Å². The molecule has 3 saturated heterocycles. The number of benzene rings is 1. The molecule has 174 valence electrons. The van der Waals surface area contributed by atoms with E-state index >= 15 is 0 Å². The van der Waals surface area contributed by atoms with Gasteiger partial charge in [0.15, 0.2) is 9.84 Å². The highest BCUT2D eigenvalue weighted by atomic mass is 32.2. The summed E-state index contributed by atoms with van der Waals surface area (Å²) in [7, 11) is -3.44.